The molecule has 4 heteroatoms. The van der Waals surface area contributed by atoms with Crippen LogP contribution in [0.2, 0.25) is 0 Å². The predicted octanol–water partition coefficient (Wildman–Crippen LogP) is 4.59. The van der Waals surface area contributed by atoms with Crippen LogP contribution in [-0.2, 0) is 9.84 Å². The molecular formula is C16H23ClO2S. The van der Waals surface area contributed by atoms with Crippen molar-refractivity contribution in [1.29, 1.82) is 0 Å². The largest absolute Gasteiger partial charge is 0.223 e. The number of allylic oxidation sites excluding steroid dienone is 1. The van der Waals surface area contributed by atoms with Crippen molar-refractivity contribution in [1.82, 2.24) is 0 Å². The van der Waals surface area contributed by atoms with Gasteiger partial charge in [-0.3, -0.25) is 0 Å². The van der Waals surface area contributed by atoms with E-state index in [1.165, 1.54) is 0 Å². The van der Waals surface area contributed by atoms with Crippen molar-refractivity contribution in [2.75, 3.05) is 5.75 Å². The van der Waals surface area contributed by atoms with Gasteiger partial charge in [0.15, 0.2) is 9.84 Å². The normalized spacial score (nSPS) is 13.5. The smallest absolute Gasteiger partial charge is 0.181 e. The molecule has 0 spiro atoms. The minimum atomic E-state index is -3.21. The van der Waals surface area contributed by atoms with Crippen LogP contribution in [0.25, 0.3) is 0 Å². The Morgan fingerprint density at radius 1 is 1.25 bits per heavy atom. The lowest BCUT2D eigenvalue weighted by Gasteiger charge is -2.14. The van der Waals surface area contributed by atoms with Gasteiger partial charge in [-0.05, 0) is 52.2 Å². The van der Waals surface area contributed by atoms with E-state index in [1.54, 1.807) is 24.3 Å². The van der Waals surface area contributed by atoms with Crippen molar-refractivity contribution < 1.29 is 8.42 Å². The Morgan fingerprint density at radius 2 is 1.85 bits per heavy atom. The zero-order chi connectivity index (χ0) is 15.2. The molecule has 0 aliphatic heterocycles. The summed E-state index contributed by atoms with van der Waals surface area (Å²) in [7, 11) is -3.21. The molecule has 0 unspecified atom stereocenters. The Bertz CT molecular complexity index is 540. The molecule has 0 radical (unpaired) electrons. The summed E-state index contributed by atoms with van der Waals surface area (Å²) in [4.78, 5) is 0.196. The molecule has 2 nitrogen and oxygen atoms in total. The lowest BCUT2D eigenvalue weighted by molar-refractivity contribution is 0.588. The topological polar surface area (TPSA) is 34.1 Å². The molecule has 1 aromatic carbocycles. The second-order valence-corrected chi connectivity index (χ2v) is 8.77. The fourth-order valence-electron chi connectivity index (χ4n) is 1.87. The van der Waals surface area contributed by atoms with E-state index >= 15 is 0 Å². The Hall–Kier alpha value is -0.800. The van der Waals surface area contributed by atoms with Crippen LogP contribution in [0.3, 0.4) is 0 Å². The fraction of sp³-hybridized carbons (Fsp3) is 0.500. The van der Waals surface area contributed by atoms with E-state index in [2.05, 4.69) is 0 Å². The number of rotatable bonds is 7. The minimum absolute atomic E-state index is 0.0626. The van der Waals surface area contributed by atoms with Gasteiger partial charge in [-0.2, -0.15) is 0 Å². The quantitative estimate of drug-likeness (QED) is 0.544. The summed E-state index contributed by atoms with van der Waals surface area (Å²) >= 11 is 6.13. The monoisotopic (exact) mass is 314 g/mol. The van der Waals surface area contributed by atoms with Gasteiger partial charge >= 0.3 is 0 Å². The molecule has 0 bridgehead atoms. The predicted molar refractivity (Wildman–Crippen MR) is 86.0 cm³/mol. The number of benzene rings is 1. The van der Waals surface area contributed by atoms with Crippen LogP contribution in [0.1, 0.15) is 40.0 Å². The van der Waals surface area contributed by atoms with E-state index < -0.39 is 9.84 Å². The van der Waals surface area contributed by atoms with Gasteiger partial charge in [0.05, 0.1) is 10.6 Å². The highest BCUT2D eigenvalue weighted by molar-refractivity contribution is 7.91. The standard InChI is InChI=1S/C16H23ClO2S/c1-14(8-7-12-16(2,3)17)11-13-20(18,19)15-9-5-4-6-10-15/h4-6,9-11H,7-8,12-13H2,1-3H3/b14-11+. The maximum absolute atomic E-state index is 12.1. The van der Waals surface area contributed by atoms with Crippen molar-refractivity contribution in [3.05, 3.63) is 42.0 Å². The highest BCUT2D eigenvalue weighted by Gasteiger charge is 2.13. The average molecular weight is 315 g/mol. The third-order valence-electron chi connectivity index (χ3n) is 3.10. The van der Waals surface area contributed by atoms with Crippen LogP contribution < -0.4 is 0 Å². The molecule has 112 valence electrons. The van der Waals surface area contributed by atoms with Crippen LogP contribution in [0.15, 0.2) is 46.9 Å². The number of hydrogen-bond acceptors (Lipinski definition) is 2. The van der Waals surface area contributed by atoms with Crippen LogP contribution in [0, 0.1) is 0 Å². The van der Waals surface area contributed by atoms with Crippen molar-refractivity contribution in [3.63, 3.8) is 0 Å². The van der Waals surface area contributed by atoms with E-state index in [4.69, 9.17) is 11.6 Å². The van der Waals surface area contributed by atoms with Crippen molar-refractivity contribution in [2.45, 2.75) is 49.8 Å². The van der Waals surface area contributed by atoms with Crippen molar-refractivity contribution in [2.24, 2.45) is 0 Å². The Kier molecular flexibility index (Phi) is 6.28. The highest BCUT2D eigenvalue weighted by atomic mass is 35.5. The number of sulfone groups is 1. The zero-order valence-electron chi connectivity index (χ0n) is 12.4. The van der Waals surface area contributed by atoms with Gasteiger partial charge in [0.25, 0.3) is 0 Å². The van der Waals surface area contributed by atoms with Crippen LogP contribution in [0.4, 0.5) is 0 Å². The first-order valence-corrected chi connectivity index (χ1v) is 8.86. The molecule has 0 aliphatic rings. The van der Waals surface area contributed by atoms with Crippen LogP contribution in [0.5, 0.6) is 0 Å². The Labute approximate surface area is 127 Å². The first-order valence-electron chi connectivity index (χ1n) is 6.83. The van der Waals surface area contributed by atoms with Gasteiger partial charge in [0.1, 0.15) is 0 Å². The molecular weight excluding hydrogens is 292 g/mol. The Balaban J connectivity index is 2.54. The molecule has 1 rings (SSSR count). The third kappa shape index (κ3) is 6.58. The van der Waals surface area contributed by atoms with Crippen LogP contribution >= 0.6 is 11.6 Å². The van der Waals surface area contributed by atoms with Crippen molar-refractivity contribution >= 4 is 21.4 Å². The van der Waals surface area contributed by atoms with E-state index in [1.807, 2.05) is 32.9 Å². The summed E-state index contributed by atoms with van der Waals surface area (Å²) in [6.07, 6.45) is 4.60. The van der Waals surface area contributed by atoms with Gasteiger partial charge in [-0.25, -0.2) is 8.42 Å². The summed E-state index contributed by atoms with van der Waals surface area (Å²) in [6, 6.07) is 8.56. The van der Waals surface area contributed by atoms with E-state index in [9.17, 15) is 8.42 Å². The molecule has 0 fully saturated rings. The second kappa shape index (κ2) is 7.28. The Morgan fingerprint density at radius 3 is 2.40 bits per heavy atom. The lowest BCUT2D eigenvalue weighted by atomic mass is 10.0. The summed E-state index contributed by atoms with van der Waals surface area (Å²) in [5.41, 5.74) is 1.10. The van der Waals surface area contributed by atoms with Gasteiger partial charge in [-0.15, -0.1) is 11.6 Å². The molecule has 20 heavy (non-hydrogen) atoms. The first kappa shape index (κ1) is 17.3. The van der Waals surface area contributed by atoms with Gasteiger partial charge < -0.3 is 0 Å². The number of hydrogen-bond donors (Lipinski definition) is 0. The highest BCUT2D eigenvalue weighted by Crippen LogP contribution is 2.22. The van der Waals surface area contributed by atoms with Gasteiger partial charge in [-0.1, -0.05) is 29.8 Å². The molecule has 0 saturated carbocycles. The van der Waals surface area contributed by atoms with Gasteiger partial charge in [0.2, 0.25) is 0 Å². The molecule has 0 aromatic heterocycles. The van der Waals surface area contributed by atoms with E-state index in [0.717, 1.165) is 24.8 Å². The van der Waals surface area contributed by atoms with E-state index in [-0.39, 0.29) is 10.6 Å². The fourth-order valence-corrected chi connectivity index (χ4v) is 3.27. The third-order valence-corrected chi connectivity index (χ3v) is 4.88. The van der Waals surface area contributed by atoms with Crippen molar-refractivity contribution in [3.8, 4) is 0 Å². The molecule has 0 saturated heterocycles. The second-order valence-electron chi connectivity index (χ2n) is 5.72. The molecule has 0 amide bonds. The number of halogens is 1. The summed E-state index contributed by atoms with van der Waals surface area (Å²) in [5, 5.41) is 0. The first-order chi connectivity index (χ1) is 9.21. The molecule has 0 atom stereocenters. The molecule has 0 aliphatic carbocycles. The summed E-state index contributed by atoms with van der Waals surface area (Å²) in [6.45, 7) is 5.96. The van der Waals surface area contributed by atoms with Crippen LogP contribution in [-0.4, -0.2) is 19.0 Å². The zero-order valence-corrected chi connectivity index (χ0v) is 14.0. The summed E-state index contributed by atoms with van der Waals surface area (Å²) in [5.74, 6) is 0.0626. The molecule has 0 heterocycles. The summed E-state index contributed by atoms with van der Waals surface area (Å²) < 4.78 is 24.2. The van der Waals surface area contributed by atoms with Gasteiger partial charge in [0, 0.05) is 4.87 Å². The SMILES string of the molecule is C/C(=C\CS(=O)(=O)c1ccccc1)CCCC(C)(C)Cl. The lowest BCUT2D eigenvalue weighted by Crippen LogP contribution is -2.09. The number of alkyl halides is 1. The van der Waals surface area contributed by atoms with E-state index in [0.29, 0.717) is 4.90 Å². The maximum Gasteiger partial charge on any atom is 0.181 e. The molecule has 1 aromatic rings. The maximum atomic E-state index is 12.1. The average Bonchev–Trinajstić information content (AvgIpc) is 2.36. The molecule has 0 N–H and O–H groups in total. The minimum Gasteiger partial charge on any atom is -0.223 e.